The Bertz CT molecular complexity index is 516. The number of sulfonamides is 1. The summed E-state index contributed by atoms with van der Waals surface area (Å²) in [6, 6.07) is 1.72. The van der Waals surface area contributed by atoms with E-state index in [9.17, 15) is 8.42 Å². The summed E-state index contributed by atoms with van der Waals surface area (Å²) in [6.45, 7) is 5.29. The van der Waals surface area contributed by atoms with Crippen LogP contribution in [0, 0.1) is 12.8 Å². The molecular weight excluding hydrogens is 290 g/mol. The summed E-state index contributed by atoms with van der Waals surface area (Å²) >= 11 is 7.24. The Balaban J connectivity index is 2.27. The van der Waals surface area contributed by atoms with E-state index in [2.05, 4.69) is 6.92 Å². The van der Waals surface area contributed by atoms with Crippen LogP contribution < -0.4 is 0 Å². The van der Waals surface area contributed by atoms with E-state index in [1.807, 2.05) is 6.92 Å². The number of aryl methyl sites for hydroxylation is 1. The molecule has 1 aliphatic rings. The first kappa shape index (κ1) is 14.3. The molecule has 1 saturated heterocycles. The van der Waals surface area contributed by atoms with Crippen molar-refractivity contribution in [3.8, 4) is 0 Å². The van der Waals surface area contributed by atoms with Crippen molar-refractivity contribution in [2.75, 3.05) is 13.1 Å². The number of halogens is 1. The lowest BCUT2D eigenvalue weighted by Crippen LogP contribution is -2.37. The van der Waals surface area contributed by atoms with Gasteiger partial charge in [0.05, 0.1) is 10.8 Å². The molecule has 2 heterocycles. The Hall–Kier alpha value is -0.100. The topological polar surface area (TPSA) is 37.4 Å². The highest BCUT2D eigenvalue weighted by Gasteiger charge is 2.30. The number of piperidine rings is 1. The average molecular weight is 308 g/mol. The van der Waals surface area contributed by atoms with Gasteiger partial charge in [-0.3, -0.25) is 0 Å². The highest BCUT2D eigenvalue weighted by atomic mass is 35.5. The Morgan fingerprint density at radius 3 is 2.56 bits per heavy atom. The molecule has 1 aromatic heterocycles. The highest BCUT2D eigenvalue weighted by molar-refractivity contribution is 7.89. The lowest BCUT2D eigenvalue weighted by Gasteiger charge is -2.29. The van der Waals surface area contributed by atoms with Gasteiger partial charge in [0.2, 0.25) is 10.0 Å². The second-order valence-electron chi connectivity index (χ2n) is 4.85. The molecular formula is C12H18ClNO2S2. The number of thiophene rings is 1. The summed E-state index contributed by atoms with van der Waals surface area (Å²) in [7, 11) is -3.32. The van der Waals surface area contributed by atoms with E-state index in [1.54, 1.807) is 10.4 Å². The summed E-state index contributed by atoms with van der Waals surface area (Å²) in [5, 5.41) is 0. The average Bonchev–Trinajstić information content (AvgIpc) is 2.72. The molecule has 0 unspecified atom stereocenters. The van der Waals surface area contributed by atoms with Crippen molar-refractivity contribution in [1.29, 1.82) is 0 Å². The first-order valence-electron chi connectivity index (χ1n) is 6.10. The van der Waals surface area contributed by atoms with Crippen molar-refractivity contribution in [3.63, 3.8) is 0 Å². The number of rotatable bonds is 3. The van der Waals surface area contributed by atoms with Gasteiger partial charge in [-0.2, -0.15) is 4.31 Å². The third-order valence-electron chi connectivity index (χ3n) is 3.42. The number of nitrogens with zero attached hydrogens (tertiary/aromatic N) is 1. The molecule has 0 amide bonds. The van der Waals surface area contributed by atoms with Crippen LogP contribution >= 0.6 is 22.9 Å². The van der Waals surface area contributed by atoms with Crippen molar-refractivity contribution in [1.82, 2.24) is 4.31 Å². The van der Waals surface area contributed by atoms with Crippen molar-refractivity contribution in [2.24, 2.45) is 5.92 Å². The van der Waals surface area contributed by atoms with Crippen LogP contribution in [0.25, 0.3) is 0 Å². The minimum absolute atomic E-state index is 0.373. The predicted molar refractivity (Wildman–Crippen MR) is 75.8 cm³/mol. The molecule has 1 aliphatic heterocycles. The van der Waals surface area contributed by atoms with Gasteiger partial charge in [-0.05, 0) is 31.7 Å². The lowest BCUT2D eigenvalue weighted by atomic mass is 10.0. The van der Waals surface area contributed by atoms with E-state index in [0.717, 1.165) is 22.6 Å². The second-order valence-corrected chi connectivity index (χ2v) is 8.37. The van der Waals surface area contributed by atoms with E-state index in [0.29, 0.717) is 29.8 Å². The van der Waals surface area contributed by atoms with Crippen LogP contribution in [0.2, 0.25) is 0 Å². The molecule has 0 spiro atoms. The third-order valence-corrected chi connectivity index (χ3v) is 7.07. The van der Waals surface area contributed by atoms with Crippen molar-refractivity contribution in [2.45, 2.75) is 37.5 Å². The lowest BCUT2D eigenvalue weighted by molar-refractivity contribution is 0.288. The van der Waals surface area contributed by atoms with Crippen molar-refractivity contribution >= 4 is 33.0 Å². The van der Waals surface area contributed by atoms with Gasteiger partial charge >= 0.3 is 0 Å². The van der Waals surface area contributed by atoms with Crippen LogP contribution in [0.3, 0.4) is 0 Å². The molecule has 0 radical (unpaired) electrons. The SMILES string of the molecule is Cc1sc(CCl)cc1S(=O)(=O)N1CCC(C)CC1. The molecule has 2 rings (SSSR count). The fraction of sp³-hybridized carbons (Fsp3) is 0.667. The summed E-state index contributed by atoms with van der Waals surface area (Å²) in [6.07, 6.45) is 1.90. The molecule has 0 N–H and O–H groups in total. The number of alkyl halides is 1. The molecule has 0 aromatic carbocycles. The van der Waals surface area contributed by atoms with Crippen LogP contribution in [0.1, 0.15) is 29.5 Å². The fourth-order valence-electron chi connectivity index (χ4n) is 2.21. The second kappa shape index (κ2) is 5.49. The van der Waals surface area contributed by atoms with Gasteiger partial charge in [-0.25, -0.2) is 8.42 Å². The van der Waals surface area contributed by atoms with Gasteiger partial charge < -0.3 is 0 Å². The Labute approximate surface area is 118 Å². The zero-order valence-corrected chi connectivity index (χ0v) is 13.0. The number of hydrogen-bond donors (Lipinski definition) is 0. The maximum absolute atomic E-state index is 12.5. The first-order chi connectivity index (χ1) is 8.45. The van der Waals surface area contributed by atoms with Crippen molar-refractivity contribution < 1.29 is 8.42 Å². The molecule has 0 atom stereocenters. The summed E-state index contributed by atoms with van der Waals surface area (Å²) in [5.41, 5.74) is 0. The van der Waals surface area contributed by atoms with Crippen molar-refractivity contribution in [3.05, 3.63) is 15.8 Å². The Morgan fingerprint density at radius 2 is 2.06 bits per heavy atom. The van der Waals surface area contributed by atoms with Crippen LogP contribution in [-0.2, 0) is 15.9 Å². The van der Waals surface area contributed by atoms with E-state index in [1.165, 1.54) is 11.3 Å². The van der Waals surface area contributed by atoms with E-state index >= 15 is 0 Å². The quantitative estimate of drug-likeness (QED) is 0.804. The van der Waals surface area contributed by atoms with Gasteiger partial charge in [0.1, 0.15) is 0 Å². The maximum atomic E-state index is 12.5. The molecule has 3 nitrogen and oxygen atoms in total. The molecule has 1 aromatic rings. The number of hydrogen-bond acceptors (Lipinski definition) is 3. The normalized spacial score (nSPS) is 19.3. The minimum Gasteiger partial charge on any atom is -0.207 e. The van der Waals surface area contributed by atoms with E-state index in [4.69, 9.17) is 11.6 Å². The zero-order chi connectivity index (χ0) is 13.3. The molecule has 102 valence electrons. The third kappa shape index (κ3) is 2.74. The van der Waals surface area contributed by atoms with Crippen LogP contribution in [0.15, 0.2) is 11.0 Å². The van der Waals surface area contributed by atoms with E-state index < -0.39 is 10.0 Å². The van der Waals surface area contributed by atoms with Gasteiger partial charge in [-0.1, -0.05) is 6.92 Å². The molecule has 0 bridgehead atoms. The van der Waals surface area contributed by atoms with Gasteiger partial charge in [-0.15, -0.1) is 22.9 Å². The fourth-order valence-corrected chi connectivity index (χ4v) is 5.38. The molecule has 0 saturated carbocycles. The van der Waals surface area contributed by atoms with E-state index in [-0.39, 0.29) is 0 Å². The zero-order valence-electron chi connectivity index (χ0n) is 10.6. The van der Waals surface area contributed by atoms with Crippen LogP contribution in [-0.4, -0.2) is 25.8 Å². The molecule has 18 heavy (non-hydrogen) atoms. The Kier molecular flexibility index (Phi) is 4.36. The van der Waals surface area contributed by atoms with Crippen LogP contribution in [0.5, 0.6) is 0 Å². The summed E-state index contributed by atoms with van der Waals surface area (Å²) in [4.78, 5) is 2.19. The van der Waals surface area contributed by atoms with Gasteiger partial charge in [0.15, 0.2) is 0 Å². The highest BCUT2D eigenvalue weighted by Crippen LogP contribution is 2.31. The molecule has 1 fully saturated rings. The predicted octanol–water partition coefficient (Wildman–Crippen LogP) is 3.22. The largest absolute Gasteiger partial charge is 0.244 e. The summed E-state index contributed by atoms with van der Waals surface area (Å²) < 4.78 is 26.7. The monoisotopic (exact) mass is 307 g/mol. The van der Waals surface area contributed by atoms with Crippen LogP contribution in [0.4, 0.5) is 0 Å². The standard InChI is InChI=1S/C12H18ClNO2S2/c1-9-3-5-14(6-4-9)18(15,16)12-7-11(8-13)17-10(12)2/h7,9H,3-6,8H2,1-2H3. The molecule has 6 heteroatoms. The maximum Gasteiger partial charge on any atom is 0.244 e. The first-order valence-corrected chi connectivity index (χ1v) is 8.89. The van der Waals surface area contributed by atoms with Gasteiger partial charge in [0.25, 0.3) is 0 Å². The van der Waals surface area contributed by atoms with Gasteiger partial charge in [0, 0.05) is 22.8 Å². The minimum atomic E-state index is -3.32. The summed E-state index contributed by atoms with van der Waals surface area (Å²) in [5.74, 6) is 0.997. The Morgan fingerprint density at radius 1 is 1.44 bits per heavy atom. The smallest absolute Gasteiger partial charge is 0.207 e. The molecule has 0 aliphatic carbocycles.